The van der Waals surface area contributed by atoms with Crippen LogP contribution in [0.4, 0.5) is 5.69 Å². The summed E-state index contributed by atoms with van der Waals surface area (Å²) in [6.07, 6.45) is 2.51. The normalized spacial score (nSPS) is 11.7. The third-order valence-electron chi connectivity index (χ3n) is 4.95. The van der Waals surface area contributed by atoms with Crippen LogP contribution in [0.1, 0.15) is 50.0 Å². The predicted octanol–water partition coefficient (Wildman–Crippen LogP) is 6.37. The standard InChI is InChI=1S/C13H12O3S.C12H17NO.C2H6/c1-16-13(14)10-6-7-11-9(8-10)4-3-5-12(11)17(2)15;1-4-10(3)12(14)13-11-7-5-9(2)6-8-11;1-2/h3-8H,1-2H3;5-8,10H,4H2,1-3H3,(H,13,14);1-2H3. The summed E-state index contributed by atoms with van der Waals surface area (Å²) < 4.78 is 16.2. The van der Waals surface area contributed by atoms with Crippen molar-refractivity contribution in [3.05, 3.63) is 71.8 Å². The average molecular weight is 470 g/mol. The zero-order valence-corrected chi connectivity index (χ0v) is 21.4. The Labute approximate surface area is 200 Å². The lowest BCUT2D eigenvalue weighted by Gasteiger charge is -2.09. The molecule has 0 bridgehead atoms. The molecule has 0 aliphatic heterocycles. The highest BCUT2D eigenvalue weighted by atomic mass is 32.2. The van der Waals surface area contributed by atoms with E-state index in [0.29, 0.717) is 5.56 Å². The Morgan fingerprint density at radius 3 is 2.21 bits per heavy atom. The molecule has 2 atom stereocenters. The molecule has 33 heavy (non-hydrogen) atoms. The van der Waals surface area contributed by atoms with E-state index in [2.05, 4.69) is 10.1 Å². The van der Waals surface area contributed by atoms with Crippen LogP contribution in [0, 0.1) is 12.8 Å². The van der Waals surface area contributed by atoms with E-state index in [1.54, 1.807) is 24.5 Å². The van der Waals surface area contributed by atoms with Gasteiger partial charge in [-0.15, -0.1) is 0 Å². The van der Waals surface area contributed by atoms with Gasteiger partial charge in [0.1, 0.15) is 0 Å². The van der Waals surface area contributed by atoms with Crippen molar-refractivity contribution in [2.24, 2.45) is 5.92 Å². The molecule has 0 aliphatic carbocycles. The predicted molar refractivity (Wildman–Crippen MR) is 138 cm³/mol. The third kappa shape index (κ3) is 8.46. The number of esters is 1. The molecule has 0 spiro atoms. The molecule has 0 heterocycles. The summed E-state index contributed by atoms with van der Waals surface area (Å²) in [6, 6.07) is 18.6. The van der Waals surface area contributed by atoms with Crippen molar-refractivity contribution in [2.75, 3.05) is 18.7 Å². The van der Waals surface area contributed by atoms with Gasteiger partial charge in [-0.2, -0.15) is 0 Å². The van der Waals surface area contributed by atoms with Crippen LogP contribution in [-0.4, -0.2) is 29.5 Å². The van der Waals surface area contributed by atoms with E-state index in [9.17, 15) is 13.8 Å². The number of carbonyl (C=O) groups is 2. The number of anilines is 1. The van der Waals surface area contributed by atoms with Crippen molar-refractivity contribution in [1.82, 2.24) is 0 Å². The Balaban J connectivity index is 0.000000313. The molecule has 0 saturated carbocycles. The summed E-state index contributed by atoms with van der Waals surface area (Å²) in [6.45, 7) is 9.98. The van der Waals surface area contributed by atoms with Crippen LogP contribution in [0.15, 0.2) is 65.6 Å². The smallest absolute Gasteiger partial charge is 0.337 e. The van der Waals surface area contributed by atoms with Crippen molar-refractivity contribution in [2.45, 2.75) is 45.9 Å². The van der Waals surface area contributed by atoms with Gasteiger partial charge in [-0.25, -0.2) is 4.79 Å². The monoisotopic (exact) mass is 469 g/mol. The van der Waals surface area contributed by atoms with E-state index < -0.39 is 10.8 Å². The summed E-state index contributed by atoms with van der Waals surface area (Å²) in [5.74, 6) is -0.192. The second-order valence-electron chi connectivity index (χ2n) is 7.30. The first-order valence-corrected chi connectivity index (χ1v) is 12.6. The minimum Gasteiger partial charge on any atom is -0.465 e. The van der Waals surface area contributed by atoms with Crippen LogP contribution in [-0.2, 0) is 20.3 Å². The number of aryl methyl sites for hydroxylation is 1. The molecule has 0 saturated heterocycles. The maximum Gasteiger partial charge on any atom is 0.337 e. The number of fused-ring (bicyclic) bond motifs is 1. The molecule has 5 nitrogen and oxygen atoms in total. The second-order valence-corrected chi connectivity index (χ2v) is 8.65. The van der Waals surface area contributed by atoms with Gasteiger partial charge in [0.15, 0.2) is 0 Å². The second kappa shape index (κ2) is 14.2. The number of nitrogens with one attached hydrogen (secondary N) is 1. The van der Waals surface area contributed by atoms with E-state index in [4.69, 9.17) is 0 Å². The molecule has 6 heteroatoms. The zero-order chi connectivity index (χ0) is 25.0. The Kier molecular flexibility index (Phi) is 12.1. The maximum absolute atomic E-state index is 11.6. The zero-order valence-electron chi connectivity index (χ0n) is 20.6. The van der Waals surface area contributed by atoms with Gasteiger partial charge in [0, 0.05) is 22.8 Å². The number of amides is 1. The van der Waals surface area contributed by atoms with Gasteiger partial charge >= 0.3 is 5.97 Å². The number of hydrogen-bond acceptors (Lipinski definition) is 4. The summed E-state index contributed by atoms with van der Waals surface area (Å²) in [5.41, 5.74) is 2.58. The molecule has 1 amide bonds. The molecule has 0 fully saturated rings. The van der Waals surface area contributed by atoms with E-state index in [-0.39, 0.29) is 17.8 Å². The fourth-order valence-corrected chi connectivity index (χ4v) is 3.60. The van der Waals surface area contributed by atoms with Crippen LogP contribution in [0.3, 0.4) is 0 Å². The van der Waals surface area contributed by atoms with E-state index in [1.165, 1.54) is 12.7 Å². The van der Waals surface area contributed by atoms with Gasteiger partial charge < -0.3 is 10.1 Å². The molecule has 178 valence electrons. The first kappa shape index (κ1) is 28.0. The molecule has 1 N–H and O–H groups in total. The Morgan fingerprint density at radius 1 is 1.03 bits per heavy atom. The maximum atomic E-state index is 11.6. The molecule has 0 radical (unpaired) electrons. The largest absolute Gasteiger partial charge is 0.465 e. The number of methoxy groups -OCH3 is 1. The fraction of sp³-hybridized carbons (Fsp3) is 0.333. The van der Waals surface area contributed by atoms with Crippen molar-refractivity contribution in [3.8, 4) is 0 Å². The Morgan fingerprint density at radius 2 is 1.67 bits per heavy atom. The summed E-state index contributed by atoms with van der Waals surface area (Å²) in [7, 11) is 0.312. The molecule has 0 aromatic heterocycles. The first-order valence-electron chi connectivity index (χ1n) is 11.1. The first-order chi connectivity index (χ1) is 15.8. The summed E-state index contributed by atoms with van der Waals surface area (Å²) in [5, 5.41) is 4.67. The van der Waals surface area contributed by atoms with Crippen LogP contribution >= 0.6 is 0 Å². The highest BCUT2D eigenvalue weighted by molar-refractivity contribution is 7.84. The van der Waals surface area contributed by atoms with Crippen molar-refractivity contribution < 1.29 is 18.5 Å². The average Bonchev–Trinajstić information content (AvgIpc) is 2.85. The number of ether oxygens (including phenoxy) is 1. The van der Waals surface area contributed by atoms with E-state index >= 15 is 0 Å². The van der Waals surface area contributed by atoms with E-state index in [0.717, 1.165) is 27.8 Å². The molecule has 3 rings (SSSR count). The highest BCUT2D eigenvalue weighted by Crippen LogP contribution is 2.22. The lowest BCUT2D eigenvalue weighted by Crippen LogP contribution is -2.19. The number of hydrogen-bond donors (Lipinski definition) is 1. The van der Waals surface area contributed by atoms with Gasteiger partial charge in [0.25, 0.3) is 0 Å². The van der Waals surface area contributed by atoms with Crippen LogP contribution in [0.5, 0.6) is 0 Å². The van der Waals surface area contributed by atoms with Gasteiger partial charge in [-0.05, 0) is 54.4 Å². The van der Waals surface area contributed by atoms with Crippen LogP contribution < -0.4 is 5.32 Å². The summed E-state index contributed by atoms with van der Waals surface area (Å²) in [4.78, 5) is 23.7. The van der Waals surface area contributed by atoms with Crippen molar-refractivity contribution >= 4 is 39.1 Å². The minimum absolute atomic E-state index is 0.0799. The van der Waals surface area contributed by atoms with Crippen molar-refractivity contribution in [3.63, 3.8) is 0 Å². The summed E-state index contributed by atoms with van der Waals surface area (Å²) >= 11 is 0. The molecule has 0 aliphatic rings. The quantitative estimate of drug-likeness (QED) is 0.441. The van der Waals surface area contributed by atoms with Gasteiger partial charge in [0.05, 0.1) is 23.5 Å². The third-order valence-corrected chi connectivity index (χ3v) is 5.93. The van der Waals surface area contributed by atoms with Gasteiger partial charge in [-0.3, -0.25) is 9.00 Å². The van der Waals surface area contributed by atoms with Crippen molar-refractivity contribution in [1.29, 1.82) is 0 Å². The molecule has 2 unspecified atom stereocenters. The van der Waals surface area contributed by atoms with E-state index in [1.807, 2.05) is 77.1 Å². The van der Waals surface area contributed by atoms with Gasteiger partial charge in [0.2, 0.25) is 5.91 Å². The lowest BCUT2D eigenvalue weighted by atomic mass is 10.1. The topological polar surface area (TPSA) is 72.5 Å². The van der Waals surface area contributed by atoms with Crippen LogP contribution in [0.2, 0.25) is 0 Å². The Bertz CT molecular complexity index is 1080. The van der Waals surface area contributed by atoms with Gasteiger partial charge in [-0.1, -0.05) is 63.6 Å². The minimum atomic E-state index is -1.04. The number of benzene rings is 3. The fourth-order valence-electron chi connectivity index (χ4n) is 2.84. The SMILES string of the molecule is CC.CCC(C)C(=O)Nc1ccc(C)cc1.COC(=O)c1ccc2c(S(C)=O)cccc2c1. The Hall–Kier alpha value is -2.99. The van der Waals surface area contributed by atoms with Crippen LogP contribution in [0.25, 0.3) is 10.8 Å². The lowest BCUT2D eigenvalue weighted by molar-refractivity contribution is -0.119. The number of carbonyl (C=O) groups excluding carboxylic acids is 2. The number of rotatable bonds is 5. The highest BCUT2D eigenvalue weighted by Gasteiger charge is 2.10. The molecular weight excluding hydrogens is 434 g/mol. The molecular formula is C27H35NO4S. The molecule has 3 aromatic carbocycles. The molecule has 3 aromatic rings.